The van der Waals surface area contributed by atoms with E-state index in [-0.39, 0.29) is 92.3 Å². The average molecular weight is 1270 g/mol. The van der Waals surface area contributed by atoms with Crippen LogP contribution in [0.4, 0.5) is 0 Å². The maximum absolute atomic E-state index is 14.3. The fourth-order valence-corrected chi connectivity index (χ4v) is 7.50. The number of amides is 3. The molecule has 0 aliphatic carbocycles. The number of rotatable bonds is 41. The van der Waals surface area contributed by atoms with Crippen LogP contribution in [0.3, 0.4) is 0 Å². The number of aliphatic hydroxyl groups excluding tert-OH is 2. The molecule has 19 nitrogen and oxygen atoms in total. The summed E-state index contributed by atoms with van der Waals surface area (Å²) in [7, 11) is 1.70. The normalized spacial score (nSPS) is 16.5. The second-order valence-corrected chi connectivity index (χ2v) is 27.3. The van der Waals surface area contributed by atoms with Gasteiger partial charge in [-0.2, -0.15) is 0 Å². The van der Waals surface area contributed by atoms with Gasteiger partial charge in [-0.25, -0.2) is 0 Å². The summed E-state index contributed by atoms with van der Waals surface area (Å²) in [6.07, 6.45) is 1.08. The van der Waals surface area contributed by atoms with Crippen LogP contribution < -0.4 is 16.0 Å². The van der Waals surface area contributed by atoms with E-state index < -0.39 is 76.4 Å². The molecule has 5 N–H and O–H groups in total. The SMILES string of the molecule is CPCCOC(=O)C(C)(Br)C(C)(C)C(=O)NCC(CNC(=O)C(C)(C)C(C)(Br)C(=O)OCCPC)(CNC(=O)C(C)(C)C(C)(Br)C(=O)OCCPC)COCCOCCOCCOCCOCC(O)CO. The van der Waals surface area contributed by atoms with Crippen molar-refractivity contribution in [2.45, 2.75) is 81.4 Å². The Balaban J connectivity index is 6.72. The van der Waals surface area contributed by atoms with Crippen LogP contribution in [-0.4, -0.2) is 216 Å². The van der Waals surface area contributed by atoms with E-state index in [1.807, 2.05) is 20.0 Å². The van der Waals surface area contributed by atoms with E-state index in [0.29, 0.717) is 64.0 Å². The molecule has 7 atom stereocenters. The summed E-state index contributed by atoms with van der Waals surface area (Å²) in [6.45, 7) is 21.4. The summed E-state index contributed by atoms with van der Waals surface area (Å²) in [4.78, 5) is 83.0. The van der Waals surface area contributed by atoms with Crippen molar-refractivity contribution < 1.29 is 76.9 Å². The molecule has 416 valence electrons. The molecule has 0 aromatic rings. The summed E-state index contributed by atoms with van der Waals surface area (Å²) >= 11 is 10.5. The number of carbonyl (C=O) groups excluding carboxylic acids is 6. The number of alkyl halides is 3. The topological polar surface area (TPSA) is 253 Å². The number of aliphatic hydroxyl groups is 2. The van der Waals surface area contributed by atoms with E-state index in [2.05, 4.69) is 63.7 Å². The summed E-state index contributed by atoms with van der Waals surface area (Å²) < 4.78 is 40.3. The van der Waals surface area contributed by atoms with Gasteiger partial charge in [0.2, 0.25) is 17.7 Å². The number of nitrogens with one attached hydrogen (secondary N) is 3. The third-order valence-electron chi connectivity index (χ3n) is 12.4. The predicted molar refractivity (Wildman–Crippen MR) is 292 cm³/mol. The molecule has 0 aliphatic heterocycles. The molecule has 0 spiro atoms. The lowest BCUT2D eigenvalue weighted by molar-refractivity contribution is -0.152. The molecule has 0 heterocycles. The van der Waals surface area contributed by atoms with Gasteiger partial charge in [0.15, 0.2) is 0 Å². The second kappa shape index (κ2) is 34.8. The third-order valence-corrected chi connectivity index (χ3v) is 18.5. The Labute approximate surface area is 453 Å². The van der Waals surface area contributed by atoms with Crippen LogP contribution in [0, 0.1) is 21.7 Å². The monoisotopic (exact) mass is 1270 g/mol. The molecular weight excluding hydrogens is 1180 g/mol. The zero-order valence-corrected chi connectivity index (χ0v) is 51.7. The van der Waals surface area contributed by atoms with E-state index >= 15 is 0 Å². The zero-order valence-electron chi connectivity index (χ0n) is 44.0. The molecule has 0 aromatic heterocycles. The molecule has 0 aromatic carbocycles. The van der Waals surface area contributed by atoms with Gasteiger partial charge in [-0.15, -0.1) is 25.7 Å². The first kappa shape index (κ1) is 70.3. The van der Waals surface area contributed by atoms with E-state index in [1.165, 1.54) is 0 Å². The molecule has 0 rings (SSSR count). The van der Waals surface area contributed by atoms with Crippen molar-refractivity contribution in [2.24, 2.45) is 21.7 Å². The lowest BCUT2D eigenvalue weighted by Gasteiger charge is -2.41. The Kier molecular flexibility index (Phi) is 34.5. The highest BCUT2D eigenvalue weighted by Crippen LogP contribution is 2.42. The number of carbonyl (C=O) groups is 6. The van der Waals surface area contributed by atoms with Gasteiger partial charge in [-0.1, -0.05) is 47.8 Å². The van der Waals surface area contributed by atoms with Crippen molar-refractivity contribution in [3.05, 3.63) is 0 Å². The van der Waals surface area contributed by atoms with Crippen molar-refractivity contribution in [1.29, 1.82) is 0 Å². The number of hydrogen-bond donors (Lipinski definition) is 5. The molecule has 25 heteroatoms. The molecule has 0 bridgehead atoms. The Morgan fingerprint density at radius 3 is 1.00 bits per heavy atom. The standard InChI is InChI=1S/C46H85Br3N3O16P3/c1-40(2,43(7,47)37(58)66-21-24-69-10)34(55)50-29-46(30-51-35(56)41(3,4)44(8,48)38(59)67-22-25-70-11,31-52-36(57)42(5,6)45(9,49)39(60)68-23-26-71-12)32-65-20-18-63-16-14-61-13-15-62-17-19-64-28-33(54)27-53/h33,53-54,69-71H,13-32H2,1-12H3,(H,50,55)(H,51,56)(H,52,57). The van der Waals surface area contributed by atoms with Gasteiger partial charge in [-0.3, -0.25) is 28.8 Å². The van der Waals surface area contributed by atoms with Crippen molar-refractivity contribution in [2.75, 3.05) is 151 Å². The molecule has 71 heavy (non-hydrogen) atoms. The van der Waals surface area contributed by atoms with Gasteiger partial charge in [0.1, 0.15) is 19.1 Å². The average Bonchev–Trinajstić information content (AvgIpc) is 3.32. The highest BCUT2D eigenvalue weighted by atomic mass is 79.9. The first-order valence-electron chi connectivity index (χ1n) is 23.6. The zero-order chi connectivity index (χ0) is 54.6. The first-order chi connectivity index (χ1) is 33.0. The van der Waals surface area contributed by atoms with Gasteiger partial charge < -0.3 is 64.1 Å². The fraction of sp³-hybridized carbons (Fsp3) is 0.870. The number of hydrogen-bond acceptors (Lipinski definition) is 16. The van der Waals surface area contributed by atoms with Crippen molar-refractivity contribution in [1.82, 2.24) is 16.0 Å². The predicted octanol–water partition coefficient (Wildman–Crippen LogP) is 3.85. The van der Waals surface area contributed by atoms with Crippen LogP contribution in [-0.2, 0) is 66.7 Å². The van der Waals surface area contributed by atoms with Crippen LogP contribution in [0.15, 0.2) is 0 Å². The molecule has 3 amide bonds. The Morgan fingerprint density at radius 2 is 0.732 bits per heavy atom. The highest BCUT2D eigenvalue weighted by Gasteiger charge is 2.55. The summed E-state index contributed by atoms with van der Waals surface area (Å²) in [5.41, 5.74) is -5.54. The Morgan fingerprint density at radius 1 is 0.465 bits per heavy atom. The number of halogens is 3. The van der Waals surface area contributed by atoms with Crippen molar-refractivity contribution >= 4 is 109 Å². The van der Waals surface area contributed by atoms with Crippen molar-refractivity contribution in [3.8, 4) is 0 Å². The maximum Gasteiger partial charge on any atom is 0.323 e. The minimum atomic E-state index is -1.47. The molecule has 0 aliphatic rings. The second-order valence-electron chi connectivity index (χ2n) is 19.0. The first-order valence-corrected chi connectivity index (χ1v) is 31.1. The van der Waals surface area contributed by atoms with Crippen LogP contribution in [0.5, 0.6) is 0 Å². The molecule has 0 saturated heterocycles. The van der Waals surface area contributed by atoms with Gasteiger partial charge >= 0.3 is 17.9 Å². The van der Waals surface area contributed by atoms with Crippen LogP contribution >= 0.6 is 73.5 Å². The van der Waals surface area contributed by atoms with Crippen molar-refractivity contribution in [3.63, 3.8) is 0 Å². The summed E-state index contributed by atoms with van der Waals surface area (Å²) in [5, 5.41) is 27.1. The van der Waals surface area contributed by atoms with Gasteiger partial charge in [-0.05, 0) is 101 Å². The Bertz CT molecular complexity index is 1480. The van der Waals surface area contributed by atoms with E-state index in [1.54, 1.807) is 62.3 Å². The largest absolute Gasteiger partial charge is 0.464 e. The maximum atomic E-state index is 14.3. The minimum Gasteiger partial charge on any atom is -0.464 e. The van der Waals surface area contributed by atoms with Gasteiger partial charge in [0, 0.05) is 25.0 Å². The van der Waals surface area contributed by atoms with E-state index in [4.69, 9.17) is 43.0 Å². The lowest BCUT2D eigenvalue weighted by atomic mass is 9.77. The molecule has 0 radical (unpaired) electrons. The Hall–Kier alpha value is -0.730. The fourth-order valence-electron chi connectivity index (χ4n) is 5.69. The summed E-state index contributed by atoms with van der Waals surface area (Å²) in [5.74, 6) is -3.53. The van der Waals surface area contributed by atoms with Crippen LogP contribution in [0.1, 0.15) is 62.3 Å². The van der Waals surface area contributed by atoms with E-state index in [9.17, 15) is 33.9 Å². The van der Waals surface area contributed by atoms with Crippen LogP contribution in [0.25, 0.3) is 0 Å². The smallest absolute Gasteiger partial charge is 0.323 e. The summed E-state index contributed by atoms with van der Waals surface area (Å²) in [6, 6.07) is 0. The quantitative estimate of drug-likeness (QED) is 0.0192. The van der Waals surface area contributed by atoms with Crippen LogP contribution in [0.2, 0.25) is 0 Å². The number of ether oxygens (including phenoxy) is 8. The van der Waals surface area contributed by atoms with Gasteiger partial charge in [0.05, 0.1) is 109 Å². The number of esters is 3. The molecule has 0 fully saturated rings. The molecular formula is C46H85Br3N3O16P3. The highest BCUT2D eigenvalue weighted by molar-refractivity contribution is 9.10. The van der Waals surface area contributed by atoms with Gasteiger partial charge in [0.25, 0.3) is 0 Å². The third kappa shape index (κ3) is 23.2. The molecule has 7 unspecified atom stereocenters. The lowest BCUT2D eigenvalue weighted by Crippen LogP contribution is -2.61. The molecule has 0 saturated carbocycles. The van der Waals surface area contributed by atoms with E-state index in [0.717, 1.165) is 0 Å². The minimum absolute atomic E-state index is 0.0123.